The molecular weight excluding hydrogens is 548 g/mol. The van der Waals surface area contributed by atoms with Gasteiger partial charge in [0.25, 0.3) is 11.8 Å². The molecule has 12 nitrogen and oxygen atoms in total. The van der Waals surface area contributed by atoms with E-state index in [1.165, 1.54) is 36.5 Å². The number of ether oxygens (including phenoxy) is 1. The lowest BCUT2D eigenvalue weighted by Crippen LogP contribution is -2.41. The van der Waals surface area contributed by atoms with Crippen LogP contribution in [0, 0.1) is 18.8 Å². The van der Waals surface area contributed by atoms with Crippen molar-refractivity contribution in [2.45, 2.75) is 19.4 Å². The van der Waals surface area contributed by atoms with Crippen LogP contribution in [0.1, 0.15) is 44.1 Å². The van der Waals surface area contributed by atoms with Gasteiger partial charge in [-0.2, -0.15) is 9.46 Å². The van der Waals surface area contributed by atoms with E-state index in [2.05, 4.69) is 41.7 Å². The Balaban J connectivity index is 1.64. The van der Waals surface area contributed by atoms with Crippen molar-refractivity contribution in [3.8, 4) is 11.8 Å². The van der Waals surface area contributed by atoms with Gasteiger partial charge in [-0.15, -0.1) is 0 Å². The molecule has 0 radical (unpaired) electrons. The third-order valence-electron chi connectivity index (χ3n) is 5.73. The van der Waals surface area contributed by atoms with E-state index in [9.17, 15) is 23.7 Å². The van der Waals surface area contributed by atoms with Crippen LogP contribution < -0.4 is 10.6 Å². The number of aryl methyl sites for hydroxylation is 2. The highest BCUT2D eigenvalue weighted by molar-refractivity contribution is 7.93. The number of aromatic nitrogens is 3. The average Bonchev–Trinajstić information content (AvgIpc) is 3.29. The van der Waals surface area contributed by atoms with Crippen molar-refractivity contribution in [2.75, 3.05) is 37.6 Å². The number of rotatable bonds is 10. The van der Waals surface area contributed by atoms with Crippen LogP contribution in [0.2, 0.25) is 0 Å². The molecule has 2 heterocycles. The molecule has 216 valence electrons. The summed E-state index contributed by atoms with van der Waals surface area (Å²) in [6, 6.07) is 9.35. The second kappa shape index (κ2) is 14.3. The number of hydrogen-bond acceptors (Lipinski definition) is 9. The summed E-state index contributed by atoms with van der Waals surface area (Å²) in [6.45, 7) is 1.65. The van der Waals surface area contributed by atoms with E-state index in [0.717, 1.165) is 5.69 Å². The normalized spacial score (nSPS) is 12.8. The van der Waals surface area contributed by atoms with E-state index < -0.39 is 34.3 Å². The highest BCUT2D eigenvalue weighted by Crippen LogP contribution is 2.13. The number of hydrogen-bond donors (Lipinski definition) is 3. The summed E-state index contributed by atoms with van der Waals surface area (Å²) >= 11 is 0. The molecule has 3 aromatic rings. The number of nitrogens with one attached hydrogen (secondary N) is 2. The fourth-order valence-corrected chi connectivity index (χ4v) is 4.94. The van der Waals surface area contributed by atoms with Gasteiger partial charge < -0.3 is 20.5 Å². The Morgan fingerprint density at radius 1 is 1.17 bits per heavy atom. The predicted molar refractivity (Wildman–Crippen MR) is 154 cm³/mol. The zero-order valence-corrected chi connectivity index (χ0v) is 24.0. The zero-order valence-electron chi connectivity index (χ0n) is 23.2. The first kappa shape index (κ1) is 31.2. The Labute approximate surface area is 238 Å². The lowest BCUT2D eigenvalue weighted by atomic mass is 10.1. The standard InChI is InChI=1S/C28H32N6O6S/c1-19-13-25(34(2)32-19)27(37)31-23-8-5-7-20(15-23)9-10-21-14-22(17-29-16-21)26(36)33-41(4,39)12-6-11-30-24(18-35)28(38)40-3/h5,7-8,13-17,24,30,35H,6,11-12,18H2,1-4H3,(H,31,37)/t24?,41-/m1/s1. The summed E-state index contributed by atoms with van der Waals surface area (Å²) in [5.41, 5.74) is 2.96. The molecule has 0 aliphatic rings. The quantitative estimate of drug-likeness (QED) is 0.183. The monoisotopic (exact) mass is 580 g/mol. The molecule has 0 spiro atoms. The first-order chi connectivity index (χ1) is 19.5. The van der Waals surface area contributed by atoms with Crippen LogP contribution in [0.4, 0.5) is 5.69 Å². The number of amides is 2. The first-order valence-electron chi connectivity index (χ1n) is 12.6. The molecule has 0 saturated carbocycles. The SMILES string of the molecule is COC(=O)C(CO)NCCC[S@@](C)(=O)=NC(=O)c1cncc(C#Cc2cccc(NC(=O)c3cc(C)nn3C)c2)c1. The van der Waals surface area contributed by atoms with Gasteiger partial charge in [0.1, 0.15) is 11.7 Å². The Morgan fingerprint density at radius 3 is 2.61 bits per heavy atom. The summed E-state index contributed by atoms with van der Waals surface area (Å²) in [5, 5.41) is 19.1. The molecule has 0 bridgehead atoms. The Kier molecular flexibility index (Phi) is 10.9. The van der Waals surface area contributed by atoms with Crippen LogP contribution in [-0.2, 0) is 26.3 Å². The van der Waals surface area contributed by atoms with E-state index in [1.807, 2.05) is 6.92 Å². The minimum Gasteiger partial charge on any atom is -0.468 e. The van der Waals surface area contributed by atoms with E-state index >= 15 is 0 Å². The molecule has 1 unspecified atom stereocenters. The first-order valence-corrected chi connectivity index (χ1v) is 14.7. The summed E-state index contributed by atoms with van der Waals surface area (Å²) in [5.74, 6) is 4.46. The predicted octanol–water partition coefficient (Wildman–Crippen LogP) is 1.53. The van der Waals surface area contributed by atoms with Gasteiger partial charge in [-0.1, -0.05) is 17.9 Å². The number of pyridine rings is 1. The number of benzene rings is 1. The van der Waals surface area contributed by atoms with Crippen molar-refractivity contribution in [2.24, 2.45) is 11.4 Å². The number of methoxy groups -OCH3 is 1. The van der Waals surface area contributed by atoms with E-state index in [-0.39, 0.29) is 23.8 Å². The van der Waals surface area contributed by atoms with Crippen molar-refractivity contribution in [1.82, 2.24) is 20.1 Å². The third-order valence-corrected chi connectivity index (χ3v) is 7.32. The van der Waals surface area contributed by atoms with Gasteiger partial charge in [0.2, 0.25) is 0 Å². The number of aliphatic hydroxyl groups is 1. The second-order valence-electron chi connectivity index (χ2n) is 9.17. The molecule has 0 aliphatic carbocycles. The Morgan fingerprint density at radius 2 is 1.93 bits per heavy atom. The van der Waals surface area contributed by atoms with Gasteiger partial charge in [0.05, 0.1) is 34.7 Å². The van der Waals surface area contributed by atoms with Crippen LogP contribution in [0.5, 0.6) is 0 Å². The van der Waals surface area contributed by atoms with Crippen LogP contribution in [0.3, 0.4) is 0 Å². The maximum Gasteiger partial charge on any atom is 0.325 e. The lowest BCUT2D eigenvalue weighted by Gasteiger charge is -2.13. The molecule has 0 saturated heterocycles. The maximum atomic E-state index is 12.8. The van der Waals surface area contributed by atoms with Gasteiger partial charge in [-0.3, -0.25) is 24.0 Å². The molecule has 1 aromatic carbocycles. The average molecular weight is 581 g/mol. The number of aliphatic hydroxyl groups excluding tert-OH is 1. The highest BCUT2D eigenvalue weighted by Gasteiger charge is 2.17. The van der Waals surface area contributed by atoms with E-state index in [4.69, 9.17) is 0 Å². The van der Waals surface area contributed by atoms with Crippen LogP contribution >= 0.6 is 0 Å². The molecule has 0 fully saturated rings. The van der Waals surface area contributed by atoms with Crippen molar-refractivity contribution in [1.29, 1.82) is 0 Å². The van der Waals surface area contributed by atoms with Crippen LogP contribution in [0.25, 0.3) is 0 Å². The van der Waals surface area contributed by atoms with Gasteiger partial charge in [0.15, 0.2) is 0 Å². The fraction of sp³-hybridized carbons (Fsp3) is 0.321. The number of anilines is 1. The number of esters is 1. The Hall–Kier alpha value is -4.38. The smallest absolute Gasteiger partial charge is 0.325 e. The molecule has 2 amide bonds. The van der Waals surface area contributed by atoms with Gasteiger partial charge >= 0.3 is 5.97 Å². The molecule has 13 heteroatoms. The van der Waals surface area contributed by atoms with Crippen molar-refractivity contribution in [3.05, 3.63) is 76.9 Å². The summed E-state index contributed by atoms with van der Waals surface area (Å²) in [7, 11) is 0.0566. The summed E-state index contributed by atoms with van der Waals surface area (Å²) < 4.78 is 22.8. The van der Waals surface area contributed by atoms with Crippen molar-refractivity contribution in [3.63, 3.8) is 0 Å². The highest BCUT2D eigenvalue weighted by atomic mass is 32.2. The molecule has 2 atom stereocenters. The lowest BCUT2D eigenvalue weighted by molar-refractivity contribution is -0.144. The molecule has 2 aromatic heterocycles. The minimum absolute atomic E-state index is 0.102. The zero-order chi connectivity index (χ0) is 30.0. The van der Waals surface area contributed by atoms with E-state index in [0.29, 0.717) is 28.9 Å². The van der Waals surface area contributed by atoms with Crippen molar-refractivity contribution < 1.29 is 28.4 Å². The molecule has 0 aliphatic heterocycles. The van der Waals surface area contributed by atoms with Gasteiger partial charge in [-0.25, -0.2) is 4.21 Å². The third kappa shape index (κ3) is 9.35. The maximum absolute atomic E-state index is 12.8. The van der Waals surface area contributed by atoms with Crippen LogP contribution in [0.15, 0.2) is 53.2 Å². The topological polar surface area (TPSA) is 165 Å². The van der Waals surface area contributed by atoms with Crippen LogP contribution in [-0.4, -0.2) is 80.2 Å². The molecule has 41 heavy (non-hydrogen) atoms. The molecular formula is C28H32N6O6S. The van der Waals surface area contributed by atoms with E-state index in [1.54, 1.807) is 37.4 Å². The molecule has 3 rings (SSSR count). The summed E-state index contributed by atoms with van der Waals surface area (Å²) in [6.07, 6.45) is 4.55. The molecule has 3 N–H and O–H groups in total. The Bertz CT molecular complexity index is 1610. The fourth-order valence-electron chi connectivity index (χ4n) is 3.72. The number of carbonyl (C=O) groups is 3. The van der Waals surface area contributed by atoms with Gasteiger partial charge in [-0.05, 0) is 50.2 Å². The van der Waals surface area contributed by atoms with Crippen molar-refractivity contribution >= 4 is 33.2 Å². The minimum atomic E-state index is -2.86. The second-order valence-corrected chi connectivity index (χ2v) is 11.7. The largest absolute Gasteiger partial charge is 0.468 e. The number of nitrogens with zero attached hydrogens (tertiary/aromatic N) is 4. The number of carbonyl (C=O) groups excluding carboxylic acids is 3. The summed E-state index contributed by atoms with van der Waals surface area (Å²) in [4.78, 5) is 40.8. The van der Waals surface area contributed by atoms with Gasteiger partial charge in [0, 0.05) is 48.3 Å².